The van der Waals surface area contributed by atoms with Gasteiger partial charge in [0.25, 0.3) is 5.91 Å². The first-order valence-electron chi connectivity index (χ1n) is 6.82. The molecule has 0 bridgehead atoms. The van der Waals surface area contributed by atoms with Gasteiger partial charge in [0.15, 0.2) is 5.17 Å². The fourth-order valence-corrected chi connectivity index (χ4v) is 3.10. The molecule has 3 nitrogen and oxygen atoms in total. The standard InChI is InChI=1S/C17H12Cl2N2OS/c1-10-2-4-11(5-3-10)8-15-16(22)21-17(23-15)20-12-6-7-13(18)14(19)9-12/h2-9H,1H3,(H,20,21,22)/b15-8-. The number of nitrogens with zero attached hydrogens (tertiary/aromatic N) is 1. The maximum absolute atomic E-state index is 12.0. The molecule has 0 unspecified atom stereocenters. The van der Waals surface area contributed by atoms with Gasteiger partial charge < -0.3 is 5.32 Å². The van der Waals surface area contributed by atoms with E-state index in [1.54, 1.807) is 18.2 Å². The van der Waals surface area contributed by atoms with Gasteiger partial charge in [-0.15, -0.1) is 0 Å². The summed E-state index contributed by atoms with van der Waals surface area (Å²) < 4.78 is 0. The minimum Gasteiger partial charge on any atom is -0.300 e. The first-order valence-corrected chi connectivity index (χ1v) is 8.40. The van der Waals surface area contributed by atoms with Crippen LogP contribution in [0.1, 0.15) is 11.1 Å². The van der Waals surface area contributed by atoms with E-state index in [1.165, 1.54) is 17.3 Å². The first-order chi connectivity index (χ1) is 11.0. The molecule has 1 heterocycles. The van der Waals surface area contributed by atoms with Crippen LogP contribution in [0, 0.1) is 6.92 Å². The van der Waals surface area contributed by atoms with Gasteiger partial charge in [0.05, 0.1) is 20.6 Å². The van der Waals surface area contributed by atoms with Crippen LogP contribution in [0.3, 0.4) is 0 Å². The summed E-state index contributed by atoms with van der Waals surface area (Å²) in [7, 11) is 0. The van der Waals surface area contributed by atoms with E-state index >= 15 is 0 Å². The summed E-state index contributed by atoms with van der Waals surface area (Å²) >= 11 is 13.1. The van der Waals surface area contributed by atoms with E-state index in [1.807, 2.05) is 37.3 Å². The Morgan fingerprint density at radius 2 is 1.83 bits per heavy atom. The van der Waals surface area contributed by atoms with Gasteiger partial charge in [0.2, 0.25) is 0 Å². The van der Waals surface area contributed by atoms with Gasteiger partial charge in [-0.3, -0.25) is 4.79 Å². The third kappa shape index (κ3) is 3.96. The van der Waals surface area contributed by atoms with Crippen molar-refractivity contribution in [3.63, 3.8) is 0 Å². The number of amides is 1. The van der Waals surface area contributed by atoms with Crippen molar-refractivity contribution >= 4 is 57.8 Å². The number of carbonyl (C=O) groups is 1. The summed E-state index contributed by atoms with van der Waals surface area (Å²) in [6.45, 7) is 2.02. The Bertz CT molecular complexity index is 829. The van der Waals surface area contributed by atoms with Crippen molar-refractivity contribution in [1.29, 1.82) is 0 Å². The lowest BCUT2D eigenvalue weighted by atomic mass is 10.1. The molecule has 1 aliphatic rings. The van der Waals surface area contributed by atoms with E-state index in [2.05, 4.69) is 10.3 Å². The second-order valence-electron chi connectivity index (χ2n) is 4.99. The topological polar surface area (TPSA) is 41.5 Å². The minimum absolute atomic E-state index is 0.158. The van der Waals surface area contributed by atoms with Crippen molar-refractivity contribution in [3.8, 4) is 0 Å². The smallest absolute Gasteiger partial charge is 0.264 e. The molecule has 116 valence electrons. The SMILES string of the molecule is Cc1ccc(/C=C2\SC(=Nc3ccc(Cl)c(Cl)c3)NC2=O)cc1. The van der Waals surface area contributed by atoms with Crippen LogP contribution in [0.25, 0.3) is 6.08 Å². The highest BCUT2D eigenvalue weighted by Crippen LogP contribution is 2.30. The monoisotopic (exact) mass is 362 g/mol. The number of halogens is 2. The largest absolute Gasteiger partial charge is 0.300 e. The van der Waals surface area contributed by atoms with Crippen molar-refractivity contribution in [2.75, 3.05) is 0 Å². The van der Waals surface area contributed by atoms with Crippen molar-refractivity contribution in [1.82, 2.24) is 5.32 Å². The van der Waals surface area contributed by atoms with Crippen molar-refractivity contribution in [2.24, 2.45) is 4.99 Å². The number of benzene rings is 2. The van der Waals surface area contributed by atoms with Crippen LogP contribution in [0.2, 0.25) is 10.0 Å². The summed E-state index contributed by atoms with van der Waals surface area (Å²) in [4.78, 5) is 17.0. The Morgan fingerprint density at radius 1 is 1.09 bits per heavy atom. The van der Waals surface area contributed by atoms with Gasteiger partial charge in [-0.1, -0.05) is 53.0 Å². The molecule has 2 aromatic carbocycles. The number of carbonyl (C=O) groups excluding carboxylic acids is 1. The number of hydrogen-bond acceptors (Lipinski definition) is 3. The Balaban J connectivity index is 1.82. The van der Waals surface area contributed by atoms with Crippen molar-refractivity contribution in [2.45, 2.75) is 6.92 Å². The van der Waals surface area contributed by atoms with Crippen LogP contribution in [0.15, 0.2) is 52.4 Å². The Labute approximate surface area is 148 Å². The molecule has 2 aromatic rings. The van der Waals surface area contributed by atoms with Gasteiger partial charge in [0, 0.05) is 0 Å². The number of aliphatic imine (C=N–C) groups is 1. The summed E-state index contributed by atoms with van der Waals surface area (Å²) in [5, 5.41) is 4.17. The third-order valence-electron chi connectivity index (χ3n) is 3.16. The summed E-state index contributed by atoms with van der Waals surface area (Å²) in [5.74, 6) is -0.158. The van der Waals surface area contributed by atoms with Crippen LogP contribution in [0.5, 0.6) is 0 Å². The molecule has 1 N–H and O–H groups in total. The van der Waals surface area contributed by atoms with Gasteiger partial charge in [-0.2, -0.15) is 0 Å². The molecule has 0 atom stereocenters. The lowest BCUT2D eigenvalue weighted by molar-refractivity contribution is -0.115. The molecule has 0 radical (unpaired) electrons. The molecule has 1 fully saturated rings. The number of nitrogens with one attached hydrogen (secondary N) is 1. The summed E-state index contributed by atoms with van der Waals surface area (Å²) in [6, 6.07) is 13.0. The average molecular weight is 363 g/mol. The van der Waals surface area contributed by atoms with Crippen LogP contribution >= 0.6 is 35.0 Å². The lowest BCUT2D eigenvalue weighted by Crippen LogP contribution is -2.19. The molecule has 6 heteroatoms. The number of rotatable bonds is 2. The fourth-order valence-electron chi connectivity index (χ4n) is 1.97. The van der Waals surface area contributed by atoms with E-state index < -0.39 is 0 Å². The fraction of sp³-hybridized carbons (Fsp3) is 0.0588. The van der Waals surface area contributed by atoms with Crippen LogP contribution in [0.4, 0.5) is 5.69 Å². The highest BCUT2D eigenvalue weighted by molar-refractivity contribution is 8.18. The van der Waals surface area contributed by atoms with Crippen LogP contribution in [-0.2, 0) is 4.79 Å². The predicted molar refractivity (Wildman–Crippen MR) is 98.4 cm³/mol. The second kappa shape index (κ2) is 6.79. The minimum atomic E-state index is -0.158. The zero-order valence-corrected chi connectivity index (χ0v) is 14.5. The van der Waals surface area contributed by atoms with Crippen LogP contribution < -0.4 is 5.32 Å². The maximum Gasteiger partial charge on any atom is 0.264 e. The molecule has 23 heavy (non-hydrogen) atoms. The van der Waals surface area contributed by atoms with Gasteiger partial charge in [0.1, 0.15) is 0 Å². The molecular weight excluding hydrogens is 351 g/mol. The molecule has 3 rings (SSSR count). The number of hydrogen-bond donors (Lipinski definition) is 1. The average Bonchev–Trinajstić information content (AvgIpc) is 2.85. The highest BCUT2D eigenvalue weighted by atomic mass is 35.5. The van der Waals surface area contributed by atoms with Crippen molar-refractivity contribution < 1.29 is 4.79 Å². The molecule has 0 saturated carbocycles. The second-order valence-corrected chi connectivity index (χ2v) is 6.84. The normalized spacial score (nSPS) is 17.8. The van der Waals surface area contributed by atoms with Gasteiger partial charge in [-0.25, -0.2) is 4.99 Å². The van der Waals surface area contributed by atoms with E-state index in [-0.39, 0.29) is 5.91 Å². The van der Waals surface area contributed by atoms with E-state index in [9.17, 15) is 4.79 Å². The molecule has 1 saturated heterocycles. The Kier molecular flexibility index (Phi) is 4.76. The molecule has 1 amide bonds. The van der Waals surface area contributed by atoms with E-state index in [4.69, 9.17) is 23.2 Å². The van der Waals surface area contributed by atoms with Crippen LogP contribution in [-0.4, -0.2) is 11.1 Å². The van der Waals surface area contributed by atoms with Gasteiger partial charge in [-0.05, 0) is 48.5 Å². The quantitative estimate of drug-likeness (QED) is 0.746. The molecule has 0 aromatic heterocycles. The highest BCUT2D eigenvalue weighted by Gasteiger charge is 2.23. The van der Waals surface area contributed by atoms with E-state index in [0.29, 0.717) is 25.8 Å². The first kappa shape index (κ1) is 16.1. The summed E-state index contributed by atoms with van der Waals surface area (Å²) in [5.41, 5.74) is 2.79. The van der Waals surface area contributed by atoms with E-state index in [0.717, 1.165) is 5.56 Å². The molecular formula is C17H12Cl2N2OS. The predicted octanol–water partition coefficient (Wildman–Crippen LogP) is 5.19. The molecule has 1 aliphatic heterocycles. The third-order valence-corrected chi connectivity index (χ3v) is 4.81. The van der Waals surface area contributed by atoms with Gasteiger partial charge >= 0.3 is 0 Å². The zero-order valence-electron chi connectivity index (χ0n) is 12.1. The Hall–Kier alpha value is -1.75. The molecule has 0 spiro atoms. The Morgan fingerprint density at radius 3 is 2.52 bits per heavy atom. The zero-order chi connectivity index (χ0) is 16.4. The number of thioether (sulfide) groups is 1. The number of amidine groups is 1. The van der Waals surface area contributed by atoms with Crippen molar-refractivity contribution in [3.05, 3.63) is 68.5 Å². The maximum atomic E-state index is 12.0. The lowest BCUT2D eigenvalue weighted by Gasteiger charge is -1.99. The summed E-state index contributed by atoms with van der Waals surface area (Å²) in [6.07, 6.45) is 1.84. The molecule has 0 aliphatic carbocycles. The number of aryl methyl sites for hydroxylation is 1.